The Balaban J connectivity index is 3.45. The zero-order valence-electron chi connectivity index (χ0n) is 7.00. The number of ether oxygens (including phenoxy) is 1. The van der Waals surface area contributed by atoms with Gasteiger partial charge in [-0.25, -0.2) is 4.79 Å². The second-order valence-corrected chi connectivity index (χ2v) is 2.69. The lowest BCUT2D eigenvalue weighted by molar-refractivity contribution is -0.131. The van der Waals surface area contributed by atoms with Crippen LogP contribution in [0.4, 0.5) is 0 Å². The lowest BCUT2D eigenvalue weighted by atomic mass is 10.3. The van der Waals surface area contributed by atoms with E-state index in [2.05, 4.69) is 0 Å². The first-order valence-corrected chi connectivity index (χ1v) is 4.29. The Morgan fingerprint density at radius 3 is 2.92 bits per heavy atom. The van der Waals surface area contributed by atoms with Crippen molar-refractivity contribution in [2.45, 2.75) is 19.4 Å². The predicted molar refractivity (Wildman–Crippen MR) is 47.5 cm³/mol. The zero-order chi connectivity index (χ0) is 9.40. The molecule has 0 saturated heterocycles. The highest BCUT2D eigenvalue weighted by molar-refractivity contribution is 6.17. The fraction of sp³-hybridized carbons (Fsp3) is 0.625. The van der Waals surface area contributed by atoms with E-state index in [4.69, 9.17) is 21.4 Å². The number of aliphatic carboxylic acids is 1. The van der Waals surface area contributed by atoms with E-state index in [1.807, 2.05) is 0 Å². The van der Waals surface area contributed by atoms with Crippen molar-refractivity contribution in [2.24, 2.45) is 0 Å². The quantitative estimate of drug-likeness (QED) is 0.396. The molecule has 0 bridgehead atoms. The van der Waals surface area contributed by atoms with E-state index in [0.29, 0.717) is 12.5 Å². The third-order valence-corrected chi connectivity index (χ3v) is 1.44. The number of hydrogen-bond donors (Lipinski definition) is 1. The minimum atomic E-state index is -0.956. The van der Waals surface area contributed by atoms with Gasteiger partial charge in [-0.15, -0.1) is 11.6 Å². The highest BCUT2D eigenvalue weighted by Crippen LogP contribution is 1.95. The van der Waals surface area contributed by atoms with Crippen LogP contribution in [-0.4, -0.2) is 29.7 Å². The number of halogens is 1. The van der Waals surface area contributed by atoms with Gasteiger partial charge in [-0.3, -0.25) is 0 Å². The summed E-state index contributed by atoms with van der Waals surface area (Å²) in [5.74, 6) is -0.391. The third kappa shape index (κ3) is 7.57. The van der Waals surface area contributed by atoms with Gasteiger partial charge in [0.05, 0.1) is 6.10 Å². The topological polar surface area (TPSA) is 46.5 Å². The molecule has 12 heavy (non-hydrogen) atoms. The van der Waals surface area contributed by atoms with Crippen molar-refractivity contribution in [2.75, 3.05) is 12.5 Å². The molecule has 0 aliphatic carbocycles. The van der Waals surface area contributed by atoms with Crippen LogP contribution in [0.15, 0.2) is 12.2 Å². The van der Waals surface area contributed by atoms with E-state index >= 15 is 0 Å². The van der Waals surface area contributed by atoms with Crippen LogP contribution < -0.4 is 0 Å². The van der Waals surface area contributed by atoms with Crippen molar-refractivity contribution in [3.63, 3.8) is 0 Å². The van der Waals surface area contributed by atoms with Gasteiger partial charge in [0, 0.05) is 18.6 Å². The average Bonchev–Trinajstić information content (AvgIpc) is 2.01. The first-order chi connectivity index (χ1) is 5.66. The maximum Gasteiger partial charge on any atom is 0.328 e. The summed E-state index contributed by atoms with van der Waals surface area (Å²) in [6, 6.07) is 0. The molecule has 0 aromatic heterocycles. The highest BCUT2D eigenvalue weighted by Gasteiger charge is 1.96. The molecule has 1 atom stereocenters. The van der Waals surface area contributed by atoms with E-state index in [9.17, 15) is 4.79 Å². The minimum Gasteiger partial charge on any atom is -0.478 e. The van der Waals surface area contributed by atoms with Gasteiger partial charge < -0.3 is 9.84 Å². The van der Waals surface area contributed by atoms with Crippen LogP contribution in [0.25, 0.3) is 0 Å². The molecule has 0 spiro atoms. The van der Waals surface area contributed by atoms with E-state index < -0.39 is 5.97 Å². The lowest BCUT2D eigenvalue weighted by Gasteiger charge is -2.06. The van der Waals surface area contributed by atoms with E-state index in [-0.39, 0.29) is 6.10 Å². The van der Waals surface area contributed by atoms with Crippen LogP contribution >= 0.6 is 11.6 Å². The number of carboxylic acids is 1. The van der Waals surface area contributed by atoms with E-state index in [1.165, 1.54) is 6.08 Å². The molecular weight excluding hydrogens is 180 g/mol. The molecule has 0 rings (SSSR count). The summed E-state index contributed by atoms with van der Waals surface area (Å²) in [4.78, 5) is 10.1. The van der Waals surface area contributed by atoms with Gasteiger partial charge in [-0.05, 0) is 19.4 Å². The normalized spacial score (nSPS) is 13.5. The first-order valence-electron chi connectivity index (χ1n) is 3.75. The summed E-state index contributed by atoms with van der Waals surface area (Å²) in [6.07, 6.45) is 3.19. The van der Waals surface area contributed by atoms with Crippen molar-refractivity contribution in [1.29, 1.82) is 0 Å². The van der Waals surface area contributed by atoms with E-state index in [0.717, 1.165) is 12.5 Å². The summed E-state index contributed by atoms with van der Waals surface area (Å²) in [6.45, 7) is 2.35. The molecule has 0 amide bonds. The largest absolute Gasteiger partial charge is 0.478 e. The van der Waals surface area contributed by atoms with Crippen LogP contribution in [0.3, 0.4) is 0 Å². The zero-order valence-corrected chi connectivity index (χ0v) is 7.75. The van der Waals surface area contributed by atoms with Crippen molar-refractivity contribution in [3.8, 4) is 0 Å². The third-order valence-electron chi connectivity index (χ3n) is 1.17. The van der Waals surface area contributed by atoms with Crippen LogP contribution in [0.1, 0.15) is 13.3 Å². The lowest BCUT2D eigenvalue weighted by Crippen LogP contribution is -2.06. The molecule has 1 N–H and O–H groups in total. The Labute approximate surface area is 77.0 Å². The standard InChI is InChI=1S/C8H13ClO3/c1-7(3-4-8(10)11)12-6-2-5-9/h3-4,7H,2,5-6H2,1H3,(H,10,11). The van der Waals surface area contributed by atoms with Crippen LogP contribution in [-0.2, 0) is 9.53 Å². The van der Waals surface area contributed by atoms with Crippen LogP contribution in [0.2, 0.25) is 0 Å². The van der Waals surface area contributed by atoms with Crippen molar-refractivity contribution in [3.05, 3.63) is 12.2 Å². The van der Waals surface area contributed by atoms with Gasteiger partial charge in [0.25, 0.3) is 0 Å². The average molecular weight is 193 g/mol. The van der Waals surface area contributed by atoms with Gasteiger partial charge in [-0.1, -0.05) is 0 Å². The molecule has 0 aliphatic heterocycles. The Bertz CT molecular complexity index is 156. The molecular formula is C8H13ClO3. The Morgan fingerprint density at radius 2 is 2.42 bits per heavy atom. The first kappa shape index (κ1) is 11.5. The fourth-order valence-electron chi connectivity index (χ4n) is 0.597. The summed E-state index contributed by atoms with van der Waals surface area (Å²) in [5.41, 5.74) is 0. The van der Waals surface area contributed by atoms with E-state index in [1.54, 1.807) is 6.92 Å². The smallest absolute Gasteiger partial charge is 0.328 e. The number of rotatable bonds is 6. The minimum absolute atomic E-state index is 0.163. The number of alkyl halides is 1. The molecule has 70 valence electrons. The summed E-state index contributed by atoms with van der Waals surface area (Å²) >= 11 is 5.42. The molecule has 4 heteroatoms. The summed E-state index contributed by atoms with van der Waals surface area (Å²) in [5, 5.41) is 8.27. The Morgan fingerprint density at radius 1 is 1.75 bits per heavy atom. The summed E-state index contributed by atoms with van der Waals surface area (Å²) < 4.78 is 5.20. The van der Waals surface area contributed by atoms with Gasteiger partial charge in [0.1, 0.15) is 0 Å². The van der Waals surface area contributed by atoms with Crippen molar-refractivity contribution in [1.82, 2.24) is 0 Å². The van der Waals surface area contributed by atoms with Crippen molar-refractivity contribution >= 4 is 17.6 Å². The molecule has 0 radical (unpaired) electrons. The van der Waals surface area contributed by atoms with Crippen LogP contribution in [0.5, 0.6) is 0 Å². The van der Waals surface area contributed by atoms with Gasteiger partial charge in [0.2, 0.25) is 0 Å². The van der Waals surface area contributed by atoms with Crippen molar-refractivity contribution < 1.29 is 14.6 Å². The number of hydrogen-bond acceptors (Lipinski definition) is 2. The van der Waals surface area contributed by atoms with Gasteiger partial charge in [-0.2, -0.15) is 0 Å². The molecule has 3 nitrogen and oxygen atoms in total. The molecule has 0 aromatic carbocycles. The predicted octanol–water partition coefficient (Wildman–Crippen LogP) is 1.66. The Hall–Kier alpha value is -0.540. The molecule has 1 unspecified atom stereocenters. The summed E-state index contributed by atoms with van der Waals surface area (Å²) in [7, 11) is 0. The van der Waals surface area contributed by atoms with Gasteiger partial charge >= 0.3 is 5.97 Å². The second-order valence-electron chi connectivity index (χ2n) is 2.32. The molecule has 0 saturated carbocycles. The molecule has 0 aromatic rings. The number of carbonyl (C=O) groups is 1. The molecule has 0 fully saturated rings. The molecule has 0 heterocycles. The maximum atomic E-state index is 10.1. The monoisotopic (exact) mass is 192 g/mol. The highest BCUT2D eigenvalue weighted by atomic mass is 35.5. The number of carboxylic acid groups (broad SMARTS) is 1. The molecule has 0 aliphatic rings. The maximum absolute atomic E-state index is 10.1. The Kier molecular flexibility index (Phi) is 6.81. The van der Waals surface area contributed by atoms with Gasteiger partial charge in [0.15, 0.2) is 0 Å². The second kappa shape index (κ2) is 7.13. The fourth-order valence-corrected chi connectivity index (χ4v) is 0.706. The SMILES string of the molecule is CC(C=CC(=O)O)OCCCCl. The van der Waals surface area contributed by atoms with Crippen LogP contribution in [0, 0.1) is 0 Å².